The number of nitrogens with zero attached hydrogens (tertiary/aromatic N) is 1. The zero-order chi connectivity index (χ0) is 35.0. The number of aldehydes is 2. The average molecular weight is 728 g/mol. The molecule has 2 heterocycles. The van der Waals surface area contributed by atoms with E-state index in [0.717, 1.165) is 45.5 Å². The standard InChI is InChI=1S/C19H17NO4.C10H9NO2.C9H9BrO2/c1-23-19(22)16-6-5-15-7-8-20(18(15)12-16)9-10-24-17-4-2-3-14(11-17)13-21;1-13-10(12)8-3-2-7-4-5-11-9(7)6-8;10-4-5-12-9-3-1-2-8(6-9)7-11/h2-8,11-13H,9-10H2,1H3;2-6,11H,1H3;1-3,6-7H,4-5H2. The van der Waals surface area contributed by atoms with E-state index in [1.54, 1.807) is 54.6 Å². The quantitative estimate of drug-likeness (QED) is 0.0825. The maximum absolute atomic E-state index is 11.7. The van der Waals surface area contributed by atoms with Crippen LogP contribution in [0.4, 0.5) is 0 Å². The highest BCUT2D eigenvalue weighted by atomic mass is 79.9. The Morgan fingerprint density at radius 2 is 1.31 bits per heavy atom. The molecule has 0 bridgehead atoms. The van der Waals surface area contributed by atoms with E-state index >= 15 is 0 Å². The summed E-state index contributed by atoms with van der Waals surface area (Å²) in [5.41, 5.74) is 4.21. The van der Waals surface area contributed by atoms with E-state index in [1.807, 2.05) is 59.4 Å². The van der Waals surface area contributed by atoms with Crippen LogP contribution in [0.3, 0.4) is 0 Å². The molecule has 0 saturated carbocycles. The van der Waals surface area contributed by atoms with E-state index in [-0.39, 0.29) is 11.9 Å². The summed E-state index contributed by atoms with van der Waals surface area (Å²) in [6, 6.07) is 28.9. The van der Waals surface area contributed by atoms with Gasteiger partial charge in [-0.1, -0.05) is 52.3 Å². The monoisotopic (exact) mass is 726 g/mol. The third kappa shape index (κ3) is 10.4. The van der Waals surface area contributed by atoms with Crippen LogP contribution in [-0.4, -0.2) is 66.8 Å². The van der Waals surface area contributed by atoms with Gasteiger partial charge in [-0.2, -0.15) is 0 Å². The molecule has 0 saturated heterocycles. The summed E-state index contributed by atoms with van der Waals surface area (Å²) in [5.74, 6) is 0.730. The highest BCUT2D eigenvalue weighted by Gasteiger charge is 2.09. The first-order chi connectivity index (χ1) is 23.9. The van der Waals surface area contributed by atoms with Gasteiger partial charge in [-0.3, -0.25) is 9.59 Å². The van der Waals surface area contributed by atoms with Crippen LogP contribution in [0, 0.1) is 0 Å². The van der Waals surface area contributed by atoms with Crippen LogP contribution < -0.4 is 9.47 Å². The number of aromatic nitrogens is 2. The fourth-order valence-electron chi connectivity index (χ4n) is 4.69. The van der Waals surface area contributed by atoms with Gasteiger partial charge in [0.05, 0.1) is 38.5 Å². The fourth-order valence-corrected chi connectivity index (χ4v) is 4.85. The van der Waals surface area contributed by atoms with Crippen molar-refractivity contribution >= 4 is 62.2 Å². The second kappa shape index (κ2) is 18.6. The Bertz CT molecular complexity index is 2020. The van der Waals surface area contributed by atoms with E-state index in [9.17, 15) is 19.2 Å². The lowest BCUT2D eigenvalue weighted by Crippen LogP contribution is -2.08. The lowest BCUT2D eigenvalue weighted by Gasteiger charge is -2.09. The van der Waals surface area contributed by atoms with Crippen molar-refractivity contribution in [1.29, 1.82) is 0 Å². The van der Waals surface area contributed by atoms with Crippen LogP contribution in [0.5, 0.6) is 11.5 Å². The minimum atomic E-state index is -0.355. The normalized spacial score (nSPS) is 10.2. The molecule has 0 aliphatic rings. The fraction of sp³-hybridized carbons (Fsp3) is 0.158. The summed E-state index contributed by atoms with van der Waals surface area (Å²) < 4.78 is 22.4. The van der Waals surface area contributed by atoms with E-state index < -0.39 is 0 Å². The molecule has 1 N–H and O–H groups in total. The minimum Gasteiger partial charge on any atom is -0.493 e. The molecule has 10 nitrogen and oxygen atoms in total. The number of carbonyl (C=O) groups is 4. The Morgan fingerprint density at radius 3 is 1.90 bits per heavy atom. The van der Waals surface area contributed by atoms with Crippen LogP contribution in [0.25, 0.3) is 21.8 Å². The molecule has 6 rings (SSSR count). The highest BCUT2D eigenvalue weighted by molar-refractivity contribution is 9.09. The second-order valence-corrected chi connectivity index (χ2v) is 11.1. The SMILES string of the molecule is COC(=O)c1ccc2cc[nH]c2c1.COC(=O)c1ccc2ccn(CCOc3cccc(C=O)c3)c2c1.O=Cc1cccc(OCCBr)c1. The number of hydrogen-bond acceptors (Lipinski definition) is 8. The zero-order valence-corrected chi connectivity index (χ0v) is 28.6. The first kappa shape index (κ1) is 36.2. The van der Waals surface area contributed by atoms with E-state index in [1.165, 1.54) is 14.2 Å². The van der Waals surface area contributed by atoms with Gasteiger partial charge in [0, 0.05) is 39.9 Å². The van der Waals surface area contributed by atoms with Crippen molar-refractivity contribution in [2.24, 2.45) is 0 Å². The van der Waals surface area contributed by atoms with Crippen LogP contribution in [0.1, 0.15) is 41.4 Å². The van der Waals surface area contributed by atoms with Crippen molar-refractivity contribution in [3.8, 4) is 11.5 Å². The molecule has 0 aliphatic heterocycles. The van der Waals surface area contributed by atoms with Gasteiger partial charge in [0.1, 0.15) is 30.7 Å². The predicted molar refractivity (Wildman–Crippen MR) is 191 cm³/mol. The number of benzene rings is 4. The number of H-pyrrole nitrogens is 1. The van der Waals surface area contributed by atoms with Crippen molar-refractivity contribution in [2.45, 2.75) is 6.54 Å². The molecule has 0 amide bonds. The smallest absolute Gasteiger partial charge is 0.337 e. The van der Waals surface area contributed by atoms with Gasteiger partial charge in [0.15, 0.2) is 0 Å². The maximum atomic E-state index is 11.7. The Morgan fingerprint density at radius 1 is 0.714 bits per heavy atom. The largest absolute Gasteiger partial charge is 0.493 e. The lowest BCUT2D eigenvalue weighted by atomic mass is 10.1. The summed E-state index contributed by atoms with van der Waals surface area (Å²) in [4.78, 5) is 47.0. The first-order valence-electron chi connectivity index (χ1n) is 15.1. The molecule has 0 spiro atoms. The van der Waals surface area contributed by atoms with Gasteiger partial charge < -0.3 is 28.5 Å². The number of halogens is 1. The van der Waals surface area contributed by atoms with Crippen molar-refractivity contribution in [3.05, 3.63) is 132 Å². The number of rotatable bonds is 11. The number of ether oxygens (including phenoxy) is 4. The predicted octanol–water partition coefficient (Wildman–Crippen LogP) is 7.55. The molecule has 252 valence electrons. The molecule has 0 unspecified atom stereocenters. The van der Waals surface area contributed by atoms with Gasteiger partial charge in [-0.15, -0.1) is 0 Å². The topological polar surface area (TPSA) is 126 Å². The summed E-state index contributed by atoms with van der Waals surface area (Å²) >= 11 is 3.25. The van der Waals surface area contributed by atoms with E-state index in [2.05, 4.69) is 25.7 Å². The molecule has 0 atom stereocenters. The van der Waals surface area contributed by atoms with E-state index in [4.69, 9.17) is 14.2 Å². The number of aromatic amines is 1. The Balaban J connectivity index is 0.000000182. The van der Waals surface area contributed by atoms with Crippen LogP contribution in [0.15, 0.2) is 109 Å². The molecular formula is C38H35BrN2O8. The summed E-state index contributed by atoms with van der Waals surface area (Å²) in [5, 5.41) is 2.93. The molecule has 6 aromatic rings. The van der Waals surface area contributed by atoms with Crippen molar-refractivity contribution in [2.75, 3.05) is 32.8 Å². The molecule has 11 heteroatoms. The lowest BCUT2D eigenvalue weighted by molar-refractivity contribution is 0.0592. The summed E-state index contributed by atoms with van der Waals surface area (Å²) in [6.45, 7) is 1.69. The summed E-state index contributed by atoms with van der Waals surface area (Å²) in [7, 11) is 2.74. The number of alkyl halides is 1. The maximum Gasteiger partial charge on any atom is 0.337 e. The zero-order valence-electron chi connectivity index (χ0n) is 27.0. The Labute approximate surface area is 291 Å². The van der Waals surface area contributed by atoms with Crippen LogP contribution in [0.2, 0.25) is 0 Å². The number of methoxy groups -OCH3 is 2. The third-order valence-corrected chi connectivity index (χ3v) is 7.43. The third-order valence-electron chi connectivity index (χ3n) is 7.11. The van der Waals surface area contributed by atoms with Crippen LogP contribution >= 0.6 is 15.9 Å². The Kier molecular flexibility index (Phi) is 13.7. The van der Waals surface area contributed by atoms with Gasteiger partial charge in [-0.25, -0.2) is 9.59 Å². The van der Waals surface area contributed by atoms with Gasteiger partial charge in [0.2, 0.25) is 0 Å². The second-order valence-electron chi connectivity index (χ2n) is 10.3. The Hall–Kier alpha value is -5.68. The number of hydrogen-bond donors (Lipinski definition) is 1. The van der Waals surface area contributed by atoms with Gasteiger partial charge in [0.25, 0.3) is 0 Å². The molecular weight excluding hydrogens is 692 g/mol. The number of carbonyl (C=O) groups excluding carboxylic acids is 4. The number of nitrogens with one attached hydrogen (secondary N) is 1. The first-order valence-corrected chi connectivity index (χ1v) is 16.3. The molecule has 2 aromatic heterocycles. The number of esters is 2. The molecule has 4 aromatic carbocycles. The van der Waals surface area contributed by atoms with Gasteiger partial charge in [-0.05, 0) is 71.4 Å². The molecule has 0 radical (unpaired) electrons. The van der Waals surface area contributed by atoms with Crippen molar-refractivity contribution in [3.63, 3.8) is 0 Å². The molecule has 0 fully saturated rings. The summed E-state index contributed by atoms with van der Waals surface area (Å²) in [6.07, 6.45) is 5.39. The minimum absolute atomic E-state index is 0.309. The van der Waals surface area contributed by atoms with Crippen molar-refractivity contribution in [1.82, 2.24) is 9.55 Å². The van der Waals surface area contributed by atoms with Gasteiger partial charge >= 0.3 is 11.9 Å². The van der Waals surface area contributed by atoms with Crippen molar-refractivity contribution < 1.29 is 38.1 Å². The average Bonchev–Trinajstić information content (AvgIpc) is 3.80. The number of fused-ring (bicyclic) bond motifs is 2. The highest BCUT2D eigenvalue weighted by Crippen LogP contribution is 2.19. The van der Waals surface area contributed by atoms with E-state index in [0.29, 0.717) is 47.8 Å². The molecule has 0 aliphatic carbocycles. The van der Waals surface area contributed by atoms with Crippen LogP contribution in [-0.2, 0) is 16.0 Å². The molecule has 49 heavy (non-hydrogen) atoms.